The Morgan fingerprint density at radius 1 is 0.922 bits per heavy atom. The van der Waals surface area contributed by atoms with E-state index in [0.717, 1.165) is 73.9 Å². The van der Waals surface area contributed by atoms with Crippen molar-refractivity contribution in [1.82, 2.24) is 29.8 Å². The number of carbonyl (C=O) groups is 2. The maximum atomic E-state index is 13.1. The monoisotopic (exact) mass is 694 g/mol. The van der Waals surface area contributed by atoms with Gasteiger partial charge in [-0.1, -0.05) is 12.1 Å². The third kappa shape index (κ3) is 7.62. The largest absolute Gasteiger partial charge is 0.478 e. The average molecular weight is 695 g/mol. The zero-order valence-electron chi connectivity index (χ0n) is 29.3. The van der Waals surface area contributed by atoms with Gasteiger partial charge in [0, 0.05) is 69.1 Å². The lowest BCUT2D eigenvalue weighted by Gasteiger charge is -2.35. The number of aromatic carboxylic acids is 1. The first-order valence-corrected chi connectivity index (χ1v) is 17.1. The fraction of sp³-hybridized carbons (Fsp3) is 0.417. The molecule has 3 aliphatic rings. The molecular formula is C36H42N10O5. The van der Waals surface area contributed by atoms with Crippen LogP contribution in [0.1, 0.15) is 53.5 Å². The van der Waals surface area contributed by atoms with E-state index in [1.54, 1.807) is 4.90 Å². The highest BCUT2D eigenvalue weighted by atomic mass is 16.6. The summed E-state index contributed by atoms with van der Waals surface area (Å²) in [5.74, 6) is 0.490. The quantitative estimate of drug-likeness (QED) is 0.279. The number of ether oxygens (including phenoxy) is 2. The van der Waals surface area contributed by atoms with Gasteiger partial charge in [-0.25, -0.2) is 34.5 Å². The lowest BCUT2D eigenvalue weighted by Crippen LogP contribution is -2.46. The Bertz CT molecular complexity index is 1910. The minimum absolute atomic E-state index is 0.0840. The predicted octanol–water partition coefficient (Wildman–Crippen LogP) is 4.43. The first-order valence-electron chi connectivity index (χ1n) is 17.1. The molecule has 1 saturated heterocycles. The van der Waals surface area contributed by atoms with E-state index in [4.69, 9.17) is 19.6 Å². The van der Waals surface area contributed by atoms with E-state index < -0.39 is 17.7 Å². The summed E-state index contributed by atoms with van der Waals surface area (Å²) in [5.41, 5.74) is 6.09. The molecular weight excluding hydrogens is 652 g/mol. The number of piperazine rings is 1. The highest BCUT2D eigenvalue weighted by Crippen LogP contribution is 2.40. The maximum absolute atomic E-state index is 13.1. The van der Waals surface area contributed by atoms with E-state index in [1.165, 1.54) is 18.0 Å². The number of fused-ring (bicyclic) bond motifs is 2. The molecule has 0 radical (unpaired) electrons. The summed E-state index contributed by atoms with van der Waals surface area (Å²) in [6, 6.07) is 8.30. The topological polar surface area (TPSA) is 162 Å². The maximum Gasteiger partial charge on any atom is 0.415 e. The molecule has 266 valence electrons. The summed E-state index contributed by atoms with van der Waals surface area (Å²) in [4.78, 5) is 55.1. The summed E-state index contributed by atoms with van der Waals surface area (Å²) in [7, 11) is 0. The van der Waals surface area contributed by atoms with Gasteiger partial charge >= 0.3 is 12.1 Å². The smallest absolute Gasteiger partial charge is 0.415 e. The molecule has 2 N–H and O–H groups in total. The third-order valence-electron chi connectivity index (χ3n) is 9.13. The second-order valence-corrected chi connectivity index (χ2v) is 13.9. The molecule has 0 atom stereocenters. The van der Waals surface area contributed by atoms with Crippen LogP contribution in [0.15, 0.2) is 49.1 Å². The Morgan fingerprint density at radius 3 is 2.37 bits per heavy atom. The molecule has 6 heterocycles. The summed E-state index contributed by atoms with van der Waals surface area (Å²) in [6.07, 6.45) is 6.79. The Labute approximate surface area is 296 Å². The van der Waals surface area contributed by atoms with Gasteiger partial charge in [-0.15, -0.1) is 0 Å². The Balaban J connectivity index is 0.969. The van der Waals surface area contributed by atoms with Crippen molar-refractivity contribution in [2.45, 2.75) is 52.8 Å². The van der Waals surface area contributed by atoms with Crippen molar-refractivity contribution < 1.29 is 24.2 Å². The molecule has 7 rings (SSSR count). The van der Waals surface area contributed by atoms with Crippen LogP contribution in [-0.2, 0) is 24.2 Å². The first-order chi connectivity index (χ1) is 24.5. The van der Waals surface area contributed by atoms with Crippen LogP contribution in [0.5, 0.6) is 5.88 Å². The van der Waals surface area contributed by atoms with Crippen molar-refractivity contribution in [3.8, 4) is 5.88 Å². The molecule has 0 unspecified atom stereocenters. The number of nitrogens with one attached hydrogen (secondary N) is 1. The Kier molecular flexibility index (Phi) is 9.29. The molecule has 0 saturated carbocycles. The number of pyridine rings is 1. The standard InChI is InChI=1S/C36H42N10O5/c1-23-29(20-37-31-30(23)46(15-16-50-31)35(49)51-36(2,3)4)45-10-9-25-17-38-33(42-28(25)22-45)41-27-7-5-24(6-8-27)21-43-11-13-44(14-12-43)34-39-18-26(19-40-34)32(47)48/h5-8,17-20H,9-16,21-22H2,1-4H3,(H,47,48)(H,38,41,42). The number of carbonyl (C=O) groups excluding carboxylic acids is 1. The molecule has 0 bridgehead atoms. The van der Waals surface area contributed by atoms with Crippen molar-refractivity contribution in [2.24, 2.45) is 0 Å². The van der Waals surface area contributed by atoms with Crippen LogP contribution in [0.25, 0.3) is 0 Å². The van der Waals surface area contributed by atoms with E-state index in [9.17, 15) is 9.59 Å². The summed E-state index contributed by atoms with van der Waals surface area (Å²) in [6.45, 7) is 13.7. The molecule has 51 heavy (non-hydrogen) atoms. The summed E-state index contributed by atoms with van der Waals surface area (Å²) >= 11 is 0. The molecule has 15 nitrogen and oxygen atoms in total. The van der Waals surface area contributed by atoms with E-state index in [2.05, 4.69) is 52.1 Å². The minimum atomic E-state index is -1.03. The van der Waals surface area contributed by atoms with Gasteiger partial charge in [0.05, 0.1) is 36.2 Å². The number of anilines is 5. The van der Waals surface area contributed by atoms with Crippen molar-refractivity contribution in [2.75, 3.05) is 65.9 Å². The fourth-order valence-electron chi connectivity index (χ4n) is 6.50. The van der Waals surface area contributed by atoms with Gasteiger partial charge in [-0.05, 0) is 57.4 Å². The highest BCUT2D eigenvalue weighted by Gasteiger charge is 2.33. The van der Waals surface area contributed by atoms with E-state index in [0.29, 0.717) is 43.2 Å². The molecule has 1 aromatic carbocycles. The fourth-order valence-corrected chi connectivity index (χ4v) is 6.50. The van der Waals surface area contributed by atoms with Crippen molar-refractivity contribution in [3.05, 3.63) is 77.0 Å². The number of hydrogen-bond acceptors (Lipinski definition) is 13. The number of benzene rings is 1. The van der Waals surface area contributed by atoms with Gasteiger partial charge in [-0.2, -0.15) is 0 Å². The molecule has 0 spiro atoms. The second kappa shape index (κ2) is 14.0. The van der Waals surface area contributed by atoms with Gasteiger partial charge in [-0.3, -0.25) is 9.80 Å². The number of rotatable bonds is 7. The number of nitrogens with zero attached hydrogens (tertiary/aromatic N) is 9. The van der Waals surface area contributed by atoms with E-state index >= 15 is 0 Å². The van der Waals surface area contributed by atoms with Crippen LogP contribution in [0.3, 0.4) is 0 Å². The molecule has 0 aliphatic carbocycles. The Hall–Kier alpha value is -5.57. The van der Waals surface area contributed by atoms with Crippen LogP contribution in [0.4, 0.5) is 33.8 Å². The molecule has 1 amide bonds. The van der Waals surface area contributed by atoms with Gasteiger partial charge in [0.1, 0.15) is 17.9 Å². The van der Waals surface area contributed by atoms with E-state index in [1.807, 2.05) is 52.2 Å². The number of hydrogen-bond donors (Lipinski definition) is 2. The lowest BCUT2D eigenvalue weighted by atomic mass is 10.0. The highest BCUT2D eigenvalue weighted by molar-refractivity contribution is 5.92. The molecule has 3 aliphatic heterocycles. The first kappa shape index (κ1) is 33.9. The minimum Gasteiger partial charge on any atom is -0.478 e. The summed E-state index contributed by atoms with van der Waals surface area (Å²) < 4.78 is 11.5. The van der Waals surface area contributed by atoms with E-state index in [-0.39, 0.29) is 5.56 Å². The summed E-state index contributed by atoms with van der Waals surface area (Å²) in [5, 5.41) is 12.5. The number of aromatic nitrogens is 5. The predicted molar refractivity (Wildman–Crippen MR) is 191 cm³/mol. The van der Waals surface area contributed by atoms with Gasteiger partial charge in [0.2, 0.25) is 17.8 Å². The van der Waals surface area contributed by atoms with Crippen molar-refractivity contribution >= 4 is 41.0 Å². The normalized spacial score (nSPS) is 16.2. The average Bonchev–Trinajstić information content (AvgIpc) is 3.12. The lowest BCUT2D eigenvalue weighted by molar-refractivity contribution is 0.0565. The van der Waals surface area contributed by atoms with Crippen LogP contribution in [0, 0.1) is 6.92 Å². The zero-order chi connectivity index (χ0) is 35.7. The van der Waals surface area contributed by atoms with Crippen molar-refractivity contribution in [3.63, 3.8) is 0 Å². The van der Waals surface area contributed by atoms with Gasteiger partial charge < -0.3 is 29.7 Å². The number of carboxylic acid groups (broad SMARTS) is 1. The number of amides is 1. The van der Waals surface area contributed by atoms with Crippen LogP contribution >= 0.6 is 0 Å². The van der Waals surface area contributed by atoms with Crippen LogP contribution in [0.2, 0.25) is 0 Å². The van der Waals surface area contributed by atoms with Gasteiger partial charge in [0.25, 0.3) is 0 Å². The SMILES string of the molecule is Cc1c(N2CCc3cnc(Nc4ccc(CN5CCN(c6ncc(C(=O)O)cn6)CC5)cc4)nc3C2)cnc2c1N(C(=O)OC(C)(C)C)CCO2. The zero-order valence-corrected chi connectivity index (χ0v) is 29.3. The molecule has 3 aromatic heterocycles. The molecule has 4 aromatic rings. The van der Waals surface area contributed by atoms with Gasteiger partial charge in [0.15, 0.2) is 0 Å². The molecule has 1 fully saturated rings. The third-order valence-corrected chi connectivity index (χ3v) is 9.13. The number of carboxylic acids is 1. The second-order valence-electron chi connectivity index (χ2n) is 13.9. The molecule has 15 heteroatoms. The Morgan fingerprint density at radius 2 is 1.67 bits per heavy atom. The van der Waals surface area contributed by atoms with Crippen molar-refractivity contribution in [1.29, 1.82) is 0 Å². The van der Waals surface area contributed by atoms with Crippen LogP contribution in [-0.4, -0.2) is 98.5 Å². The van der Waals surface area contributed by atoms with Crippen LogP contribution < -0.4 is 24.8 Å².